The number of rotatable bonds is 7. The van der Waals surface area contributed by atoms with E-state index in [0.717, 1.165) is 11.3 Å². The lowest BCUT2D eigenvalue weighted by atomic mass is 10.0. The molecule has 0 spiro atoms. The van der Waals surface area contributed by atoms with Gasteiger partial charge in [0.15, 0.2) is 0 Å². The first-order chi connectivity index (χ1) is 12.5. The van der Waals surface area contributed by atoms with Crippen LogP contribution in [-0.2, 0) is 4.79 Å². The molecule has 0 aliphatic carbocycles. The summed E-state index contributed by atoms with van der Waals surface area (Å²) in [4.78, 5) is 38.1. The Labute approximate surface area is 151 Å². The average molecular weight is 353 g/mol. The summed E-state index contributed by atoms with van der Waals surface area (Å²) in [7, 11) is 0. The van der Waals surface area contributed by atoms with Crippen molar-refractivity contribution < 1.29 is 24.2 Å². The summed E-state index contributed by atoms with van der Waals surface area (Å²) in [6.45, 7) is 2.42. The first-order valence-electron chi connectivity index (χ1n) is 8.45. The summed E-state index contributed by atoms with van der Waals surface area (Å²) in [6, 6.07) is 12.5. The van der Waals surface area contributed by atoms with E-state index in [-0.39, 0.29) is 0 Å². The van der Waals surface area contributed by atoms with E-state index in [1.807, 2.05) is 6.92 Å². The lowest BCUT2D eigenvalue weighted by Crippen LogP contribution is -2.35. The van der Waals surface area contributed by atoms with Crippen molar-refractivity contribution >= 4 is 17.8 Å². The molecular formula is C20H19NO5. The number of carbonyl (C=O) groups is 3. The number of amides is 2. The predicted octanol–water partition coefficient (Wildman–Crippen LogP) is 3.29. The highest BCUT2D eigenvalue weighted by atomic mass is 16.5. The van der Waals surface area contributed by atoms with Crippen LogP contribution >= 0.6 is 0 Å². The molecule has 134 valence electrons. The number of fused-ring (bicyclic) bond motifs is 1. The molecule has 1 heterocycles. The fraction of sp³-hybridized carbons (Fsp3) is 0.250. The number of aliphatic carboxylic acids is 1. The molecule has 2 aromatic carbocycles. The van der Waals surface area contributed by atoms with Gasteiger partial charge < -0.3 is 9.84 Å². The Balaban J connectivity index is 2.05. The maximum Gasteiger partial charge on any atom is 0.305 e. The number of hydrogen-bond donors (Lipinski definition) is 1. The van der Waals surface area contributed by atoms with Crippen LogP contribution in [0.5, 0.6) is 5.75 Å². The van der Waals surface area contributed by atoms with Gasteiger partial charge in [-0.15, -0.1) is 0 Å². The molecule has 0 radical (unpaired) electrons. The molecule has 0 saturated carbocycles. The van der Waals surface area contributed by atoms with Gasteiger partial charge in [0.25, 0.3) is 11.8 Å². The first kappa shape index (κ1) is 17.7. The highest BCUT2D eigenvalue weighted by Crippen LogP contribution is 2.37. The van der Waals surface area contributed by atoms with Crippen LogP contribution in [0, 0.1) is 0 Å². The average Bonchev–Trinajstić information content (AvgIpc) is 2.89. The predicted molar refractivity (Wildman–Crippen MR) is 94.2 cm³/mol. The monoisotopic (exact) mass is 353 g/mol. The standard InChI is InChI=1S/C20H19NO5/c1-2-11-26-17-10-6-5-9-15(17)16(12-18(22)23)21-19(24)13-7-3-4-8-14(13)20(21)25/h3-10,16H,2,11-12H2,1H3,(H,22,23). The van der Waals surface area contributed by atoms with E-state index in [4.69, 9.17) is 4.74 Å². The molecule has 1 N–H and O–H groups in total. The van der Waals surface area contributed by atoms with Crippen molar-refractivity contribution in [3.63, 3.8) is 0 Å². The van der Waals surface area contributed by atoms with Crippen LogP contribution in [0.25, 0.3) is 0 Å². The Hall–Kier alpha value is -3.15. The van der Waals surface area contributed by atoms with Crippen molar-refractivity contribution in [1.82, 2.24) is 4.90 Å². The molecule has 6 heteroatoms. The molecule has 1 atom stereocenters. The van der Waals surface area contributed by atoms with Crippen LogP contribution in [0.15, 0.2) is 48.5 Å². The molecule has 0 fully saturated rings. The van der Waals surface area contributed by atoms with Crippen molar-refractivity contribution in [3.8, 4) is 5.75 Å². The number of nitrogens with zero attached hydrogens (tertiary/aromatic N) is 1. The summed E-state index contributed by atoms with van der Waals surface area (Å²) in [5, 5.41) is 9.37. The number of para-hydroxylation sites is 1. The Kier molecular flexibility index (Phi) is 5.02. The normalized spacial score (nSPS) is 14.3. The first-order valence-corrected chi connectivity index (χ1v) is 8.45. The highest BCUT2D eigenvalue weighted by molar-refractivity contribution is 6.21. The number of carboxylic acids is 1. The van der Waals surface area contributed by atoms with Crippen LogP contribution in [0.1, 0.15) is 52.1 Å². The molecule has 6 nitrogen and oxygen atoms in total. The number of imide groups is 1. The molecule has 0 bridgehead atoms. The fourth-order valence-electron chi connectivity index (χ4n) is 3.10. The Bertz CT molecular complexity index is 826. The van der Waals surface area contributed by atoms with E-state index >= 15 is 0 Å². The van der Waals surface area contributed by atoms with E-state index in [1.165, 1.54) is 0 Å². The van der Waals surface area contributed by atoms with Gasteiger partial charge in [-0.05, 0) is 24.6 Å². The van der Waals surface area contributed by atoms with Gasteiger partial charge in [-0.1, -0.05) is 37.3 Å². The smallest absolute Gasteiger partial charge is 0.305 e. The molecular weight excluding hydrogens is 334 g/mol. The minimum absolute atomic E-state index is 0.292. The second-order valence-corrected chi connectivity index (χ2v) is 6.03. The van der Waals surface area contributed by atoms with Crippen molar-refractivity contribution in [2.75, 3.05) is 6.61 Å². The fourth-order valence-corrected chi connectivity index (χ4v) is 3.10. The van der Waals surface area contributed by atoms with Gasteiger partial charge in [0.05, 0.1) is 30.2 Å². The second-order valence-electron chi connectivity index (χ2n) is 6.03. The Morgan fingerprint density at radius 3 is 2.19 bits per heavy atom. The van der Waals surface area contributed by atoms with E-state index < -0.39 is 30.2 Å². The topological polar surface area (TPSA) is 83.9 Å². The molecule has 1 aliphatic heterocycles. The third-order valence-electron chi connectivity index (χ3n) is 4.24. The summed E-state index contributed by atoms with van der Waals surface area (Å²) in [5.74, 6) is -1.58. The maximum absolute atomic E-state index is 12.8. The molecule has 1 aliphatic rings. The largest absolute Gasteiger partial charge is 0.493 e. The summed E-state index contributed by atoms with van der Waals surface area (Å²) in [5.41, 5.74) is 1.09. The van der Waals surface area contributed by atoms with Crippen LogP contribution in [0.4, 0.5) is 0 Å². The Morgan fingerprint density at radius 2 is 1.62 bits per heavy atom. The van der Waals surface area contributed by atoms with E-state index in [1.54, 1.807) is 48.5 Å². The zero-order valence-corrected chi connectivity index (χ0v) is 14.3. The summed E-state index contributed by atoms with van der Waals surface area (Å²) < 4.78 is 5.71. The van der Waals surface area contributed by atoms with Crippen molar-refractivity contribution in [2.24, 2.45) is 0 Å². The van der Waals surface area contributed by atoms with Crippen molar-refractivity contribution in [3.05, 3.63) is 65.2 Å². The van der Waals surface area contributed by atoms with Gasteiger partial charge in [-0.25, -0.2) is 0 Å². The minimum Gasteiger partial charge on any atom is -0.493 e. The SMILES string of the molecule is CCCOc1ccccc1C(CC(=O)O)N1C(=O)c2ccccc2C1=O. The molecule has 3 rings (SSSR count). The maximum atomic E-state index is 12.8. The van der Waals surface area contributed by atoms with Crippen LogP contribution in [0.3, 0.4) is 0 Å². The van der Waals surface area contributed by atoms with E-state index in [9.17, 15) is 19.5 Å². The van der Waals surface area contributed by atoms with Gasteiger partial charge in [0.2, 0.25) is 0 Å². The van der Waals surface area contributed by atoms with E-state index in [0.29, 0.717) is 29.0 Å². The van der Waals surface area contributed by atoms with Gasteiger partial charge in [0.1, 0.15) is 5.75 Å². The molecule has 26 heavy (non-hydrogen) atoms. The second kappa shape index (κ2) is 7.39. The lowest BCUT2D eigenvalue weighted by molar-refractivity contribution is -0.138. The quantitative estimate of drug-likeness (QED) is 0.772. The highest BCUT2D eigenvalue weighted by Gasteiger charge is 2.41. The third-order valence-corrected chi connectivity index (χ3v) is 4.24. The van der Waals surface area contributed by atoms with E-state index in [2.05, 4.69) is 0 Å². The summed E-state index contributed by atoms with van der Waals surface area (Å²) >= 11 is 0. The molecule has 2 amide bonds. The molecule has 2 aromatic rings. The minimum atomic E-state index is -1.10. The van der Waals surface area contributed by atoms with Gasteiger partial charge in [0, 0.05) is 5.56 Å². The number of benzene rings is 2. The molecule has 1 unspecified atom stereocenters. The number of hydrogen-bond acceptors (Lipinski definition) is 4. The molecule has 0 aromatic heterocycles. The van der Waals surface area contributed by atoms with Crippen molar-refractivity contribution in [1.29, 1.82) is 0 Å². The third kappa shape index (κ3) is 3.18. The summed E-state index contributed by atoms with van der Waals surface area (Å²) in [6.07, 6.45) is 0.392. The number of ether oxygens (including phenoxy) is 1. The van der Waals surface area contributed by atoms with Gasteiger partial charge in [-0.2, -0.15) is 0 Å². The lowest BCUT2D eigenvalue weighted by Gasteiger charge is -2.27. The number of carbonyl (C=O) groups excluding carboxylic acids is 2. The number of carboxylic acid groups (broad SMARTS) is 1. The molecule has 0 saturated heterocycles. The van der Waals surface area contributed by atoms with Gasteiger partial charge >= 0.3 is 5.97 Å². The Morgan fingerprint density at radius 1 is 1.04 bits per heavy atom. The zero-order valence-electron chi connectivity index (χ0n) is 14.3. The zero-order chi connectivity index (χ0) is 18.7. The van der Waals surface area contributed by atoms with Crippen LogP contribution < -0.4 is 4.74 Å². The van der Waals surface area contributed by atoms with Gasteiger partial charge in [-0.3, -0.25) is 19.3 Å². The van der Waals surface area contributed by atoms with Crippen LogP contribution in [0.2, 0.25) is 0 Å². The van der Waals surface area contributed by atoms with Crippen molar-refractivity contribution in [2.45, 2.75) is 25.8 Å². The van der Waals surface area contributed by atoms with Crippen LogP contribution in [-0.4, -0.2) is 34.4 Å².